The summed E-state index contributed by atoms with van der Waals surface area (Å²) in [5.74, 6) is 0. The molecule has 7 nitrogen and oxygen atoms in total. The summed E-state index contributed by atoms with van der Waals surface area (Å²) in [7, 11) is 0. The van der Waals surface area contributed by atoms with Gasteiger partial charge in [0, 0.05) is 29.2 Å². The molecule has 3 aromatic rings. The highest BCUT2D eigenvalue weighted by Crippen LogP contribution is 2.29. The highest BCUT2D eigenvalue weighted by Gasteiger charge is 2.19. The van der Waals surface area contributed by atoms with Gasteiger partial charge in [0.05, 0.1) is 10.3 Å². The number of aromatic amines is 1. The van der Waals surface area contributed by atoms with Crippen molar-refractivity contribution in [2.24, 2.45) is 5.73 Å². The Labute approximate surface area is 144 Å². The Morgan fingerprint density at radius 3 is 2.68 bits per heavy atom. The van der Waals surface area contributed by atoms with Crippen molar-refractivity contribution < 1.29 is 4.92 Å². The maximum Gasteiger partial charge on any atom is 0.293 e. The number of hydrogen-bond acceptors (Lipinski definition) is 5. The first-order chi connectivity index (χ1) is 12.1. The fourth-order valence-corrected chi connectivity index (χ4v) is 2.98. The molecule has 1 aromatic heterocycles. The lowest BCUT2D eigenvalue weighted by atomic mass is 10.1. The fourth-order valence-electron chi connectivity index (χ4n) is 2.98. The molecule has 2 aromatic carbocycles. The molecule has 0 bridgehead atoms. The van der Waals surface area contributed by atoms with Crippen molar-refractivity contribution in [2.45, 2.75) is 19.3 Å². The third-order valence-corrected chi connectivity index (χ3v) is 4.23. The molecule has 0 unspecified atom stereocenters. The van der Waals surface area contributed by atoms with Gasteiger partial charge in [-0.15, -0.1) is 0 Å². The highest BCUT2D eigenvalue weighted by molar-refractivity contribution is 6.03. The van der Waals surface area contributed by atoms with Crippen LogP contribution in [0.3, 0.4) is 0 Å². The fraction of sp³-hybridized carbons (Fsp3) is 0.278. The second-order valence-electron chi connectivity index (χ2n) is 5.92. The second-order valence-corrected chi connectivity index (χ2v) is 5.92. The van der Waals surface area contributed by atoms with Crippen LogP contribution in [-0.4, -0.2) is 23.0 Å². The number of nitrogens with two attached hydrogens (primary N) is 1. The lowest BCUT2D eigenvalue weighted by Crippen LogP contribution is -2.11. The number of unbranched alkanes of at least 4 members (excludes halogenated alkanes) is 2. The van der Waals surface area contributed by atoms with Crippen LogP contribution < -0.4 is 16.5 Å². The van der Waals surface area contributed by atoms with Crippen molar-refractivity contribution in [3.8, 4) is 0 Å². The summed E-state index contributed by atoms with van der Waals surface area (Å²) < 4.78 is 0. The van der Waals surface area contributed by atoms with Crippen LogP contribution in [0.25, 0.3) is 21.8 Å². The predicted octanol–water partition coefficient (Wildman–Crippen LogP) is 3.13. The molecule has 0 fully saturated rings. The normalized spacial score (nSPS) is 11.1. The summed E-state index contributed by atoms with van der Waals surface area (Å²) in [6.45, 7) is 1.34. The minimum Gasteiger partial charge on any atom is -0.384 e. The highest BCUT2D eigenvalue weighted by atomic mass is 16.6. The van der Waals surface area contributed by atoms with Gasteiger partial charge in [-0.3, -0.25) is 14.9 Å². The van der Waals surface area contributed by atoms with E-state index in [1.54, 1.807) is 30.3 Å². The van der Waals surface area contributed by atoms with Crippen LogP contribution in [0.4, 0.5) is 11.4 Å². The minimum atomic E-state index is -0.474. The van der Waals surface area contributed by atoms with Gasteiger partial charge in [-0.25, -0.2) is 0 Å². The van der Waals surface area contributed by atoms with Crippen molar-refractivity contribution in [3.63, 3.8) is 0 Å². The first-order valence-corrected chi connectivity index (χ1v) is 8.29. The van der Waals surface area contributed by atoms with Crippen LogP contribution in [0.1, 0.15) is 19.3 Å². The van der Waals surface area contributed by atoms with E-state index in [0.29, 0.717) is 35.1 Å². The Morgan fingerprint density at radius 2 is 1.92 bits per heavy atom. The third kappa shape index (κ3) is 3.32. The monoisotopic (exact) mass is 340 g/mol. The smallest absolute Gasteiger partial charge is 0.293 e. The number of aromatic nitrogens is 1. The van der Waals surface area contributed by atoms with E-state index in [-0.39, 0.29) is 16.6 Å². The number of benzene rings is 2. The van der Waals surface area contributed by atoms with Gasteiger partial charge in [0.2, 0.25) is 0 Å². The zero-order chi connectivity index (χ0) is 17.8. The molecule has 0 saturated carbocycles. The van der Waals surface area contributed by atoms with E-state index < -0.39 is 4.92 Å². The van der Waals surface area contributed by atoms with Crippen molar-refractivity contribution in [2.75, 3.05) is 18.4 Å². The standard InChI is InChI=1S/C18H20N4O3/c19-10-4-1-5-11-20-14-8-9-15(22(24)25)17-16(14)18(23)12-6-2-3-7-13(12)21-17/h2-3,6-9,20H,1,4-5,10-11,19H2,(H,21,23). The molecule has 0 atom stereocenters. The Bertz CT molecular complexity index is 981. The molecule has 7 heteroatoms. The van der Waals surface area contributed by atoms with E-state index in [2.05, 4.69) is 10.3 Å². The number of nitro groups is 1. The van der Waals surface area contributed by atoms with Crippen molar-refractivity contribution in [3.05, 3.63) is 56.7 Å². The molecule has 0 saturated heterocycles. The maximum atomic E-state index is 12.9. The van der Waals surface area contributed by atoms with Crippen molar-refractivity contribution >= 4 is 33.2 Å². The van der Waals surface area contributed by atoms with Crippen LogP contribution >= 0.6 is 0 Å². The van der Waals surface area contributed by atoms with Gasteiger partial charge >= 0.3 is 0 Å². The molecule has 0 spiro atoms. The summed E-state index contributed by atoms with van der Waals surface area (Å²) in [5.41, 5.74) is 6.62. The van der Waals surface area contributed by atoms with E-state index in [1.807, 2.05) is 0 Å². The minimum absolute atomic E-state index is 0.105. The average Bonchev–Trinajstić information content (AvgIpc) is 2.61. The SMILES string of the molecule is NCCCCCNc1ccc([N+](=O)[O-])c2[nH]c3ccccc3c(=O)c12. The first-order valence-electron chi connectivity index (χ1n) is 8.29. The van der Waals surface area contributed by atoms with Crippen LogP contribution in [-0.2, 0) is 0 Å². The largest absolute Gasteiger partial charge is 0.384 e. The molecular weight excluding hydrogens is 320 g/mol. The molecule has 0 amide bonds. The quantitative estimate of drug-likeness (QED) is 0.265. The zero-order valence-electron chi connectivity index (χ0n) is 13.7. The van der Waals surface area contributed by atoms with E-state index in [1.165, 1.54) is 6.07 Å². The lowest BCUT2D eigenvalue weighted by molar-refractivity contribution is -0.383. The van der Waals surface area contributed by atoms with E-state index in [0.717, 1.165) is 19.3 Å². The first kappa shape index (κ1) is 16.9. The lowest BCUT2D eigenvalue weighted by Gasteiger charge is -2.11. The Morgan fingerprint density at radius 1 is 1.12 bits per heavy atom. The number of fused-ring (bicyclic) bond motifs is 2. The number of para-hydroxylation sites is 1. The molecule has 0 radical (unpaired) electrons. The van der Waals surface area contributed by atoms with Gasteiger partial charge in [0.25, 0.3) is 5.69 Å². The van der Waals surface area contributed by atoms with Gasteiger partial charge in [-0.1, -0.05) is 18.6 Å². The molecule has 1 heterocycles. The van der Waals surface area contributed by atoms with E-state index in [9.17, 15) is 14.9 Å². The molecule has 0 aliphatic heterocycles. The predicted molar refractivity (Wildman–Crippen MR) is 100 cm³/mol. The number of non-ortho nitro benzene ring substituents is 1. The number of nitrogens with zero attached hydrogens (tertiary/aromatic N) is 1. The number of anilines is 1. The van der Waals surface area contributed by atoms with Gasteiger partial charge in [0.15, 0.2) is 5.43 Å². The third-order valence-electron chi connectivity index (χ3n) is 4.23. The number of nitrogens with one attached hydrogen (secondary N) is 2. The second kappa shape index (κ2) is 7.31. The van der Waals surface area contributed by atoms with Crippen LogP contribution in [0.5, 0.6) is 0 Å². The molecule has 4 N–H and O–H groups in total. The summed E-state index contributed by atoms with van der Waals surface area (Å²) in [5, 5.41) is 15.4. The topological polar surface area (TPSA) is 114 Å². The molecule has 0 aliphatic carbocycles. The Balaban J connectivity index is 2.12. The van der Waals surface area contributed by atoms with Crippen molar-refractivity contribution in [1.82, 2.24) is 4.98 Å². The van der Waals surface area contributed by atoms with Crippen LogP contribution in [0, 0.1) is 10.1 Å². The van der Waals surface area contributed by atoms with E-state index in [4.69, 9.17) is 5.73 Å². The van der Waals surface area contributed by atoms with Crippen molar-refractivity contribution in [1.29, 1.82) is 0 Å². The number of pyridine rings is 1. The molecular formula is C18H20N4O3. The summed E-state index contributed by atoms with van der Waals surface area (Å²) >= 11 is 0. The Kier molecular flexibility index (Phi) is 4.95. The van der Waals surface area contributed by atoms with Gasteiger partial charge in [0.1, 0.15) is 5.52 Å². The summed E-state index contributed by atoms with van der Waals surface area (Å²) in [6, 6.07) is 10.1. The average molecular weight is 340 g/mol. The number of rotatable bonds is 7. The van der Waals surface area contributed by atoms with Gasteiger partial charge < -0.3 is 16.0 Å². The van der Waals surface area contributed by atoms with Crippen LogP contribution in [0.15, 0.2) is 41.2 Å². The molecule has 130 valence electrons. The molecule has 3 rings (SSSR count). The summed E-state index contributed by atoms with van der Waals surface area (Å²) in [6.07, 6.45) is 2.86. The number of hydrogen-bond donors (Lipinski definition) is 3. The Hall–Kier alpha value is -2.93. The number of H-pyrrole nitrogens is 1. The molecule has 25 heavy (non-hydrogen) atoms. The van der Waals surface area contributed by atoms with E-state index >= 15 is 0 Å². The van der Waals surface area contributed by atoms with Gasteiger partial charge in [-0.05, 0) is 37.6 Å². The number of nitro benzene ring substituents is 1. The van der Waals surface area contributed by atoms with Crippen LogP contribution in [0.2, 0.25) is 0 Å². The zero-order valence-corrected chi connectivity index (χ0v) is 13.7. The maximum absolute atomic E-state index is 12.9. The van der Waals surface area contributed by atoms with Gasteiger partial charge in [-0.2, -0.15) is 0 Å². The molecule has 0 aliphatic rings. The summed E-state index contributed by atoms with van der Waals surface area (Å²) in [4.78, 5) is 26.9.